The SMILES string of the molecule is CCCC(C)CC(NCC)C(C)(CC)N(CC)CC. The smallest absolute Gasteiger partial charge is 0.0331 e. The van der Waals surface area contributed by atoms with Crippen LogP contribution in [0.2, 0.25) is 0 Å². The van der Waals surface area contributed by atoms with Gasteiger partial charge in [-0.1, -0.05) is 54.4 Å². The van der Waals surface area contributed by atoms with E-state index in [4.69, 9.17) is 0 Å². The quantitative estimate of drug-likeness (QED) is 0.602. The highest BCUT2D eigenvalue weighted by atomic mass is 15.2. The second-order valence-corrected chi connectivity index (χ2v) is 6.12. The Balaban J connectivity index is 4.96. The average molecular weight is 271 g/mol. The minimum absolute atomic E-state index is 0.279. The first-order valence-electron chi connectivity index (χ1n) is 8.48. The van der Waals surface area contributed by atoms with Crippen molar-refractivity contribution in [3.8, 4) is 0 Å². The van der Waals surface area contributed by atoms with Gasteiger partial charge in [0.15, 0.2) is 0 Å². The molecule has 116 valence electrons. The summed E-state index contributed by atoms with van der Waals surface area (Å²) in [6, 6.07) is 0.601. The monoisotopic (exact) mass is 270 g/mol. The van der Waals surface area contributed by atoms with Gasteiger partial charge in [-0.05, 0) is 45.3 Å². The summed E-state index contributed by atoms with van der Waals surface area (Å²) in [4.78, 5) is 2.64. The second-order valence-electron chi connectivity index (χ2n) is 6.12. The van der Waals surface area contributed by atoms with E-state index in [1.54, 1.807) is 0 Å². The zero-order valence-corrected chi connectivity index (χ0v) is 14.6. The van der Waals surface area contributed by atoms with Crippen LogP contribution in [-0.4, -0.2) is 36.1 Å². The van der Waals surface area contributed by atoms with Gasteiger partial charge in [0.2, 0.25) is 0 Å². The summed E-state index contributed by atoms with van der Waals surface area (Å²) in [6.45, 7) is 19.7. The van der Waals surface area contributed by atoms with Gasteiger partial charge in [0.25, 0.3) is 0 Å². The van der Waals surface area contributed by atoms with E-state index in [0.29, 0.717) is 6.04 Å². The summed E-state index contributed by atoms with van der Waals surface area (Å²) < 4.78 is 0. The van der Waals surface area contributed by atoms with Crippen LogP contribution >= 0.6 is 0 Å². The lowest BCUT2D eigenvalue weighted by atomic mass is 9.81. The molecule has 0 amide bonds. The molecule has 0 radical (unpaired) electrons. The van der Waals surface area contributed by atoms with Crippen molar-refractivity contribution in [3.63, 3.8) is 0 Å². The molecule has 0 fully saturated rings. The van der Waals surface area contributed by atoms with Gasteiger partial charge < -0.3 is 5.32 Å². The first kappa shape index (κ1) is 18.9. The molecule has 0 saturated heterocycles. The van der Waals surface area contributed by atoms with Gasteiger partial charge in [0.05, 0.1) is 0 Å². The van der Waals surface area contributed by atoms with E-state index in [0.717, 1.165) is 25.6 Å². The van der Waals surface area contributed by atoms with E-state index in [2.05, 4.69) is 58.7 Å². The predicted molar refractivity (Wildman–Crippen MR) is 87.8 cm³/mol. The third-order valence-electron chi connectivity index (χ3n) is 4.82. The number of hydrogen-bond donors (Lipinski definition) is 1. The maximum Gasteiger partial charge on any atom is 0.0331 e. The molecular weight excluding hydrogens is 232 g/mol. The predicted octanol–water partition coefficient (Wildman–Crippen LogP) is 4.30. The number of hydrogen-bond acceptors (Lipinski definition) is 2. The van der Waals surface area contributed by atoms with Crippen LogP contribution in [-0.2, 0) is 0 Å². The largest absolute Gasteiger partial charge is 0.312 e. The zero-order valence-electron chi connectivity index (χ0n) is 14.6. The molecular formula is C17H38N2. The Morgan fingerprint density at radius 1 is 1.05 bits per heavy atom. The molecule has 19 heavy (non-hydrogen) atoms. The molecule has 1 N–H and O–H groups in total. The van der Waals surface area contributed by atoms with Crippen molar-refractivity contribution in [3.05, 3.63) is 0 Å². The van der Waals surface area contributed by atoms with E-state index in [1.165, 1.54) is 25.7 Å². The van der Waals surface area contributed by atoms with Gasteiger partial charge in [-0.2, -0.15) is 0 Å². The summed E-state index contributed by atoms with van der Waals surface area (Å²) in [5, 5.41) is 3.77. The summed E-state index contributed by atoms with van der Waals surface area (Å²) in [5.74, 6) is 0.815. The van der Waals surface area contributed by atoms with Crippen LogP contribution in [0.4, 0.5) is 0 Å². The van der Waals surface area contributed by atoms with Crippen molar-refractivity contribution in [1.82, 2.24) is 10.2 Å². The molecule has 0 aromatic heterocycles. The summed E-state index contributed by atoms with van der Waals surface area (Å²) >= 11 is 0. The lowest BCUT2D eigenvalue weighted by Gasteiger charge is -2.47. The topological polar surface area (TPSA) is 15.3 Å². The molecule has 2 heteroatoms. The van der Waals surface area contributed by atoms with E-state index in [9.17, 15) is 0 Å². The molecule has 0 rings (SSSR count). The maximum atomic E-state index is 3.77. The number of nitrogens with one attached hydrogen (secondary N) is 1. The Morgan fingerprint density at radius 3 is 2.00 bits per heavy atom. The van der Waals surface area contributed by atoms with Gasteiger partial charge in [0.1, 0.15) is 0 Å². The Morgan fingerprint density at radius 2 is 1.63 bits per heavy atom. The Labute approximate surface area is 122 Å². The normalized spacial score (nSPS) is 18.3. The van der Waals surface area contributed by atoms with E-state index >= 15 is 0 Å². The summed E-state index contributed by atoms with van der Waals surface area (Å²) in [5.41, 5.74) is 0.279. The van der Waals surface area contributed by atoms with Crippen LogP contribution < -0.4 is 5.32 Å². The molecule has 0 bridgehead atoms. The fourth-order valence-electron chi connectivity index (χ4n) is 3.45. The Hall–Kier alpha value is -0.0800. The molecule has 0 aliphatic heterocycles. The van der Waals surface area contributed by atoms with Gasteiger partial charge in [0, 0.05) is 11.6 Å². The molecule has 2 nitrogen and oxygen atoms in total. The van der Waals surface area contributed by atoms with Crippen molar-refractivity contribution in [2.75, 3.05) is 19.6 Å². The Bertz CT molecular complexity index is 213. The number of nitrogens with zero attached hydrogens (tertiary/aromatic N) is 1. The fourth-order valence-corrected chi connectivity index (χ4v) is 3.45. The molecule has 0 aromatic carbocycles. The standard InChI is InChI=1S/C17H38N2/c1-8-13-15(6)14-16(18-10-3)17(7,9-2)19(11-4)12-5/h15-16,18H,8-14H2,1-7H3. The Kier molecular flexibility index (Phi) is 9.72. The van der Waals surface area contributed by atoms with Crippen LogP contribution in [0.15, 0.2) is 0 Å². The van der Waals surface area contributed by atoms with E-state index in [1.807, 2.05) is 0 Å². The van der Waals surface area contributed by atoms with Crippen molar-refractivity contribution in [2.24, 2.45) is 5.92 Å². The molecule has 0 heterocycles. The zero-order chi connectivity index (χ0) is 14.9. The molecule has 0 spiro atoms. The molecule has 0 aliphatic rings. The van der Waals surface area contributed by atoms with E-state index < -0.39 is 0 Å². The first-order chi connectivity index (χ1) is 8.99. The summed E-state index contributed by atoms with van der Waals surface area (Å²) in [6.07, 6.45) is 5.15. The van der Waals surface area contributed by atoms with Crippen molar-refractivity contribution in [2.45, 2.75) is 85.7 Å². The second kappa shape index (κ2) is 9.77. The van der Waals surface area contributed by atoms with Crippen LogP contribution in [0.3, 0.4) is 0 Å². The highest BCUT2D eigenvalue weighted by Gasteiger charge is 2.36. The van der Waals surface area contributed by atoms with Crippen LogP contribution in [0, 0.1) is 5.92 Å². The average Bonchev–Trinajstić information content (AvgIpc) is 2.39. The molecule has 0 saturated carbocycles. The summed E-state index contributed by atoms with van der Waals surface area (Å²) in [7, 11) is 0. The third-order valence-corrected chi connectivity index (χ3v) is 4.82. The van der Waals surface area contributed by atoms with Gasteiger partial charge in [-0.25, -0.2) is 0 Å². The van der Waals surface area contributed by atoms with Crippen molar-refractivity contribution < 1.29 is 0 Å². The first-order valence-corrected chi connectivity index (χ1v) is 8.48. The van der Waals surface area contributed by atoms with Gasteiger partial charge in [-0.3, -0.25) is 4.90 Å². The van der Waals surface area contributed by atoms with Crippen molar-refractivity contribution >= 4 is 0 Å². The van der Waals surface area contributed by atoms with Gasteiger partial charge in [-0.15, -0.1) is 0 Å². The van der Waals surface area contributed by atoms with Crippen LogP contribution in [0.25, 0.3) is 0 Å². The lowest BCUT2D eigenvalue weighted by molar-refractivity contribution is 0.0608. The third kappa shape index (κ3) is 5.43. The molecule has 0 aromatic rings. The van der Waals surface area contributed by atoms with Crippen molar-refractivity contribution in [1.29, 1.82) is 0 Å². The lowest BCUT2D eigenvalue weighted by Crippen LogP contribution is -2.59. The molecule has 0 aliphatic carbocycles. The molecule has 3 atom stereocenters. The highest BCUT2D eigenvalue weighted by Crippen LogP contribution is 2.28. The maximum absolute atomic E-state index is 3.77. The van der Waals surface area contributed by atoms with Crippen LogP contribution in [0.5, 0.6) is 0 Å². The minimum Gasteiger partial charge on any atom is -0.312 e. The van der Waals surface area contributed by atoms with Gasteiger partial charge >= 0.3 is 0 Å². The highest BCUT2D eigenvalue weighted by molar-refractivity contribution is 4.96. The fraction of sp³-hybridized carbons (Fsp3) is 1.00. The van der Waals surface area contributed by atoms with Crippen LogP contribution in [0.1, 0.15) is 74.1 Å². The number of likely N-dealkylation sites (N-methyl/N-ethyl adjacent to an activating group) is 2. The minimum atomic E-state index is 0.279. The molecule has 3 unspecified atom stereocenters. The number of rotatable bonds is 11. The van der Waals surface area contributed by atoms with E-state index in [-0.39, 0.29) is 5.54 Å².